The molecule has 0 radical (unpaired) electrons. The van der Waals surface area contributed by atoms with Crippen LogP contribution < -0.4 is 4.74 Å². The molecule has 0 aliphatic heterocycles. The van der Waals surface area contributed by atoms with Gasteiger partial charge in [-0.3, -0.25) is 5.26 Å². The third-order valence-electron chi connectivity index (χ3n) is 1.39. The molecular weight excluding hydrogens is 186 g/mol. The molecule has 0 unspecified atom stereocenters. The Morgan fingerprint density at radius 1 is 1.43 bits per heavy atom. The normalized spacial score (nSPS) is 8.14. The van der Waals surface area contributed by atoms with Gasteiger partial charge in [0.2, 0.25) is 6.08 Å². The summed E-state index contributed by atoms with van der Waals surface area (Å²) in [5.74, 6) is 0.798. The van der Waals surface area contributed by atoms with E-state index in [1.165, 1.54) is 0 Å². The topological polar surface area (TPSA) is 79.6 Å². The predicted molar refractivity (Wildman–Crippen MR) is 48.8 cm³/mol. The van der Waals surface area contributed by atoms with Crippen molar-refractivity contribution in [2.75, 3.05) is 7.11 Å². The van der Waals surface area contributed by atoms with Crippen LogP contribution in [0.25, 0.3) is 0 Å². The van der Waals surface area contributed by atoms with Crippen LogP contribution in [0.2, 0.25) is 0 Å². The number of ether oxygens (including phenoxy) is 1. The van der Waals surface area contributed by atoms with Gasteiger partial charge >= 0.3 is 0 Å². The molecule has 1 aromatic rings. The Morgan fingerprint density at radius 3 is 2.29 bits per heavy atom. The highest BCUT2D eigenvalue weighted by atomic mass is 17.1. The van der Waals surface area contributed by atoms with Gasteiger partial charge in [0.05, 0.1) is 7.11 Å². The fourth-order valence-corrected chi connectivity index (χ4v) is 0.796. The Bertz CT molecular complexity index is 277. The molecule has 0 atom stereocenters. The Kier molecular flexibility index (Phi) is 6.99. The Labute approximate surface area is 81.3 Å². The van der Waals surface area contributed by atoms with Crippen molar-refractivity contribution in [1.82, 2.24) is 0 Å². The van der Waals surface area contributed by atoms with Crippen LogP contribution in [0.1, 0.15) is 5.56 Å². The van der Waals surface area contributed by atoms with Crippen LogP contribution in [0.4, 0.5) is 0 Å². The van der Waals surface area contributed by atoms with Crippen molar-refractivity contribution in [2.24, 2.45) is 0 Å². The van der Waals surface area contributed by atoms with E-state index < -0.39 is 0 Å². The number of rotatable bonds is 3. The highest BCUT2D eigenvalue weighted by Crippen LogP contribution is 2.11. The maximum absolute atomic E-state index is 8.35. The first-order chi connectivity index (χ1) is 6.78. The number of methoxy groups -OCH3 is 1. The summed E-state index contributed by atoms with van der Waals surface area (Å²) in [6, 6.07) is 7.28. The molecule has 0 saturated heterocycles. The monoisotopic (exact) mass is 197 g/mol. The zero-order valence-electron chi connectivity index (χ0n) is 7.69. The Hall–Kier alpha value is -1.68. The molecular formula is C9H11NO4. The molecule has 0 fully saturated rings. The summed E-state index contributed by atoms with van der Waals surface area (Å²) >= 11 is 0. The average molecular weight is 197 g/mol. The number of benzene rings is 1. The second kappa shape index (κ2) is 7.94. The van der Waals surface area contributed by atoms with E-state index in [1.807, 2.05) is 24.3 Å². The van der Waals surface area contributed by atoms with Crippen LogP contribution in [0.5, 0.6) is 5.75 Å². The summed E-state index contributed by atoms with van der Waals surface area (Å²) in [7, 11) is 1.61. The van der Waals surface area contributed by atoms with Crippen molar-refractivity contribution >= 4 is 6.08 Å². The average Bonchev–Trinajstić information content (AvgIpc) is 2.21. The van der Waals surface area contributed by atoms with E-state index in [0.29, 0.717) is 0 Å². The SMILES string of the molecule is COc1ccc(COO)cc1.N=C=O. The molecule has 0 aromatic heterocycles. The lowest BCUT2D eigenvalue weighted by molar-refractivity contribution is -0.253. The smallest absolute Gasteiger partial charge is 0.231 e. The number of carbonyl (C=O) groups excluding carboxylic acids is 1. The van der Waals surface area contributed by atoms with Gasteiger partial charge in [-0.1, -0.05) is 12.1 Å². The first kappa shape index (κ1) is 12.3. The van der Waals surface area contributed by atoms with Crippen LogP contribution >= 0.6 is 0 Å². The van der Waals surface area contributed by atoms with Crippen molar-refractivity contribution in [3.8, 4) is 5.75 Å². The summed E-state index contributed by atoms with van der Waals surface area (Å²) in [6.45, 7) is 0.212. The minimum atomic E-state index is 0.212. The molecule has 0 bridgehead atoms. The van der Waals surface area contributed by atoms with E-state index in [1.54, 1.807) is 7.11 Å². The fourth-order valence-electron chi connectivity index (χ4n) is 0.796. The van der Waals surface area contributed by atoms with Crippen LogP contribution in [0, 0.1) is 5.41 Å². The summed E-state index contributed by atoms with van der Waals surface area (Å²) < 4.78 is 4.94. The van der Waals surface area contributed by atoms with Crippen molar-refractivity contribution in [3.05, 3.63) is 29.8 Å². The van der Waals surface area contributed by atoms with E-state index in [4.69, 9.17) is 20.2 Å². The van der Waals surface area contributed by atoms with Crippen LogP contribution in [0.3, 0.4) is 0 Å². The molecule has 0 amide bonds. The number of nitrogens with one attached hydrogen (secondary N) is 1. The lowest BCUT2D eigenvalue weighted by Crippen LogP contribution is -1.88. The summed E-state index contributed by atoms with van der Waals surface area (Å²) in [5, 5.41) is 13.5. The molecule has 14 heavy (non-hydrogen) atoms. The van der Waals surface area contributed by atoms with Crippen molar-refractivity contribution in [2.45, 2.75) is 6.61 Å². The molecule has 0 saturated carbocycles. The van der Waals surface area contributed by atoms with Gasteiger partial charge in [-0.15, -0.1) is 0 Å². The fraction of sp³-hybridized carbons (Fsp3) is 0.222. The van der Waals surface area contributed by atoms with Crippen LogP contribution in [-0.2, 0) is 16.3 Å². The van der Waals surface area contributed by atoms with E-state index in [2.05, 4.69) is 4.89 Å². The minimum Gasteiger partial charge on any atom is -0.497 e. The Balaban J connectivity index is 0.000000500. The molecule has 5 nitrogen and oxygen atoms in total. The highest BCUT2D eigenvalue weighted by molar-refractivity contribution is 5.26. The molecule has 0 aliphatic carbocycles. The van der Waals surface area contributed by atoms with Crippen molar-refractivity contribution in [1.29, 1.82) is 5.41 Å². The zero-order chi connectivity index (χ0) is 10.8. The number of isocyanates is 1. The van der Waals surface area contributed by atoms with Gasteiger partial charge in [0, 0.05) is 0 Å². The summed E-state index contributed by atoms with van der Waals surface area (Å²) in [6.07, 6.45) is 0.750. The van der Waals surface area contributed by atoms with E-state index in [0.717, 1.165) is 17.4 Å². The van der Waals surface area contributed by atoms with Crippen molar-refractivity contribution < 1.29 is 19.7 Å². The van der Waals surface area contributed by atoms with E-state index in [-0.39, 0.29) is 6.61 Å². The van der Waals surface area contributed by atoms with E-state index >= 15 is 0 Å². The zero-order valence-corrected chi connectivity index (χ0v) is 7.69. The largest absolute Gasteiger partial charge is 0.497 e. The maximum atomic E-state index is 8.35. The molecule has 0 heterocycles. The quantitative estimate of drug-likeness (QED) is 0.333. The van der Waals surface area contributed by atoms with Gasteiger partial charge in [-0.25, -0.2) is 15.1 Å². The molecule has 0 spiro atoms. The molecule has 5 heteroatoms. The first-order valence-corrected chi connectivity index (χ1v) is 3.71. The minimum absolute atomic E-state index is 0.212. The lowest BCUT2D eigenvalue weighted by Gasteiger charge is -2.00. The van der Waals surface area contributed by atoms with Gasteiger partial charge in [0.15, 0.2) is 0 Å². The highest BCUT2D eigenvalue weighted by Gasteiger charge is 1.92. The number of hydrogen-bond acceptors (Lipinski definition) is 5. The lowest BCUT2D eigenvalue weighted by atomic mass is 10.2. The van der Waals surface area contributed by atoms with Gasteiger partial charge in [0.25, 0.3) is 0 Å². The van der Waals surface area contributed by atoms with Gasteiger partial charge in [-0.2, -0.15) is 0 Å². The Morgan fingerprint density at radius 2 is 1.93 bits per heavy atom. The molecule has 1 aromatic carbocycles. The summed E-state index contributed by atoms with van der Waals surface area (Å²) in [4.78, 5) is 12.3. The van der Waals surface area contributed by atoms with Crippen molar-refractivity contribution in [3.63, 3.8) is 0 Å². The third-order valence-corrected chi connectivity index (χ3v) is 1.39. The second-order valence-corrected chi connectivity index (χ2v) is 2.22. The van der Waals surface area contributed by atoms with E-state index in [9.17, 15) is 0 Å². The molecule has 2 N–H and O–H groups in total. The van der Waals surface area contributed by atoms with Gasteiger partial charge in [0.1, 0.15) is 12.4 Å². The van der Waals surface area contributed by atoms with Crippen LogP contribution in [-0.4, -0.2) is 18.4 Å². The number of hydrogen-bond donors (Lipinski definition) is 2. The first-order valence-electron chi connectivity index (χ1n) is 3.71. The second-order valence-electron chi connectivity index (χ2n) is 2.22. The van der Waals surface area contributed by atoms with Gasteiger partial charge in [-0.05, 0) is 17.7 Å². The third kappa shape index (κ3) is 5.05. The molecule has 1 rings (SSSR count). The predicted octanol–water partition coefficient (Wildman–Crippen LogP) is 1.59. The maximum Gasteiger partial charge on any atom is 0.231 e. The summed E-state index contributed by atoms with van der Waals surface area (Å²) in [5.41, 5.74) is 0.910. The molecule has 0 aliphatic rings. The van der Waals surface area contributed by atoms with Crippen LogP contribution in [0.15, 0.2) is 24.3 Å². The van der Waals surface area contributed by atoms with Gasteiger partial charge < -0.3 is 4.74 Å². The standard InChI is InChI=1S/C8H10O3.CHNO/c1-10-8-4-2-7(3-5-8)6-11-9;2-1-3/h2-5,9H,6H2,1H3;2H. The molecule has 76 valence electrons.